The van der Waals surface area contributed by atoms with Crippen molar-refractivity contribution in [2.45, 2.75) is 0 Å². The number of aryl methyl sites for hydroxylation is 1. The van der Waals surface area contributed by atoms with Gasteiger partial charge in [0.2, 0.25) is 0 Å². The second-order valence-corrected chi connectivity index (χ2v) is 5.22. The minimum absolute atomic E-state index is 0.0905. The number of nitro benzene ring substituents is 1. The Balaban J connectivity index is 1.90. The van der Waals surface area contributed by atoms with Crippen molar-refractivity contribution in [3.8, 4) is 23.1 Å². The molecule has 0 saturated carbocycles. The van der Waals surface area contributed by atoms with Crippen LogP contribution in [0.4, 0.5) is 11.7 Å². The van der Waals surface area contributed by atoms with E-state index in [1.165, 1.54) is 20.3 Å². The third-order valence-electron chi connectivity index (χ3n) is 3.52. The summed E-state index contributed by atoms with van der Waals surface area (Å²) in [5, 5.41) is 25.2. The number of hydrogen-bond acceptors (Lipinski definition) is 9. The summed E-state index contributed by atoms with van der Waals surface area (Å²) in [6, 6.07) is 3.71. The van der Waals surface area contributed by atoms with E-state index in [0.29, 0.717) is 5.69 Å². The molecule has 1 amide bonds. The predicted molar refractivity (Wildman–Crippen MR) is 90.7 cm³/mol. The minimum Gasteiger partial charge on any atom is -0.493 e. The fraction of sp³-hybridized carbons (Fsp3) is 0.200. The average Bonchev–Trinajstić information content (AvgIpc) is 3.29. The van der Waals surface area contributed by atoms with Crippen LogP contribution in [0.5, 0.6) is 11.5 Å². The van der Waals surface area contributed by atoms with Crippen LogP contribution in [-0.4, -0.2) is 45.0 Å². The molecule has 1 aromatic carbocycles. The Morgan fingerprint density at radius 1 is 1.26 bits per heavy atom. The molecule has 0 fully saturated rings. The summed E-state index contributed by atoms with van der Waals surface area (Å²) >= 11 is 0. The van der Waals surface area contributed by atoms with Crippen molar-refractivity contribution in [3.63, 3.8) is 0 Å². The monoisotopic (exact) mass is 374 g/mol. The summed E-state index contributed by atoms with van der Waals surface area (Å²) in [7, 11) is 4.40. The van der Waals surface area contributed by atoms with E-state index in [9.17, 15) is 14.9 Å². The van der Waals surface area contributed by atoms with Crippen LogP contribution in [0.1, 0.15) is 10.4 Å². The van der Waals surface area contributed by atoms with Gasteiger partial charge in [0.25, 0.3) is 17.5 Å². The highest BCUT2D eigenvalue weighted by molar-refractivity contribution is 6.06. The van der Waals surface area contributed by atoms with Crippen LogP contribution in [0.3, 0.4) is 0 Å². The zero-order valence-electron chi connectivity index (χ0n) is 14.5. The smallest absolute Gasteiger partial charge is 0.322 e. The van der Waals surface area contributed by atoms with Gasteiger partial charge in [0.05, 0.1) is 25.2 Å². The van der Waals surface area contributed by atoms with Gasteiger partial charge in [-0.3, -0.25) is 24.9 Å². The number of nitrogens with zero attached hydrogens (tertiary/aromatic N) is 5. The maximum absolute atomic E-state index is 12.5. The lowest BCUT2D eigenvalue weighted by atomic mass is 10.1. The minimum atomic E-state index is -0.820. The van der Waals surface area contributed by atoms with Gasteiger partial charge in [-0.1, -0.05) is 5.10 Å². The standard InChI is InChI=1S/C15H14N6O6/c1-20-5-4-9(19-20)14-17-18-15(27-14)16-13(22)8-6-11(25-2)12(26-3)7-10(8)21(23)24/h4-7H,1-3H3,(H,16,18,22). The number of carbonyl (C=O) groups excluding carboxylic acids is 1. The number of methoxy groups -OCH3 is 2. The largest absolute Gasteiger partial charge is 0.493 e. The normalized spacial score (nSPS) is 10.5. The first kappa shape index (κ1) is 17.8. The van der Waals surface area contributed by atoms with E-state index in [0.717, 1.165) is 6.07 Å². The Morgan fingerprint density at radius 3 is 2.56 bits per heavy atom. The van der Waals surface area contributed by atoms with Crippen molar-refractivity contribution < 1.29 is 23.6 Å². The van der Waals surface area contributed by atoms with Gasteiger partial charge >= 0.3 is 6.01 Å². The first-order valence-electron chi connectivity index (χ1n) is 7.48. The second-order valence-electron chi connectivity index (χ2n) is 5.22. The van der Waals surface area contributed by atoms with Gasteiger partial charge in [0, 0.05) is 19.3 Å². The molecule has 0 unspecified atom stereocenters. The van der Waals surface area contributed by atoms with Crippen molar-refractivity contribution >= 4 is 17.6 Å². The van der Waals surface area contributed by atoms with E-state index in [1.807, 2.05) is 0 Å². The molecule has 0 aliphatic carbocycles. The molecule has 12 nitrogen and oxygen atoms in total. The molecule has 1 N–H and O–H groups in total. The number of hydrogen-bond donors (Lipinski definition) is 1. The highest BCUT2D eigenvalue weighted by atomic mass is 16.6. The summed E-state index contributed by atoms with van der Waals surface area (Å²) < 4.78 is 17.0. The zero-order valence-corrected chi connectivity index (χ0v) is 14.5. The lowest BCUT2D eigenvalue weighted by Gasteiger charge is -2.09. The third-order valence-corrected chi connectivity index (χ3v) is 3.52. The molecule has 0 atom stereocenters. The lowest BCUT2D eigenvalue weighted by Crippen LogP contribution is -2.14. The molecule has 3 aromatic rings. The van der Waals surface area contributed by atoms with Crippen LogP contribution in [0, 0.1) is 10.1 Å². The molecule has 12 heteroatoms. The Labute approximate surface area is 151 Å². The quantitative estimate of drug-likeness (QED) is 0.502. The fourth-order valence-corrected chi connectivity index (χ4v) is 2.27. The summed E-state index contributed by atoms with van der Waals surface area (Å²) in [4.78, 5) is 23.1. The first-order valence-corrected chi connectivity index (χ1v) is 7.48. The molecule has 0 bridgehead atoms. The molecule has 0 spiro atoms. The second kappa shape index (κ2) is 7.11. The van der Waals surface area contributed by atoms with E-state index in [1.54, 1.807) is 24.0 Å². The van der Waals surface area contributed by atoms with Gasteiger partial charge in [-0.05, 0) is 6.07 Å². The number of aromatic nitrogens is 4. The third kappa shape index (κ3) is 3.53. The molecule has 2 heterocycles. The van der Waals surface area contributed by atoms with Gasteiger partial charge in [-0.2, -0.15) is 5.10 Å². The Bertz CT molecular complexity index is 1010. The molecule has 0 aliphatic heterocycles. The van der Waals surface area contributed by atoms with Crippen LogP contribution in [-0.2, 0) is 7.05 Å². The number of anilines is 1. The predicted octanol–water partition coefficient (Wildman–Crippen LogP) is 1.65. The number of nitrogens with one attached hydrogen (secondary N) is 1. The van der Waals surface area contributed by atoms with Gasteiger partial charge < -0.3 is 13.9 Å². The summed E-state index contributed by atoms with van der Waals surface area (Å²) in [6.07, 6.45) is 1.69. The Kier molecular flexibility index (Phi) is 4.70. The van der Waals surface area contributed by atoms with Crippen molar-refractivity contribution in [1.82, 2.24) is 20.0 Å². The number of amides is 1. The topological polar surface area (TPSA) is 147 Å². The van der Waals surface area contributed by atoms with Gasteiger partial charge in [-0.15, -0.1) is 5.10 Å². The van der Waals surface area contributed by atoms with Crippen LogP contribution in [0.15, 0.2) is 28.8 Å². The van der Waals surface area contributed by atoms with Crippen molar-refractivity contribution in [1.29, 1.82) is 0 Å². The molecule has 0 saturated heterocycles. The highest BCUT2D eigenvalue weighted by Crippen LogP contribution is 2.34. The van der Waals surface area contributed by atoms with Crippen LogP contribution in [0.25, 0.3) is 11.6 Å². The molecule has 2 aromatic heterocycles. The number of benzene rings is 1. The molecule has 0 aliphatic rings. The summed E-state index contributed by atoms with van der Waals surface area (Å²) in [5.74, 6) is -0.449. The molecular weight excluding hydrogens is 360 g/mol. The first-order chi connectivity index (χ1) is 12.9. The van der Waals surface area contributed by atoms with Crippen LogP contribution < -0.4 is 14.8 Å². The molecule has 140 valence electrons. The van der Waals surface area contributed by atoms with Crippen LogP contribution in [0.2, 0.25) is 0 Å². The van der Waals surface area contributed by atoms with E-state index in [2.05, 4.69) is 20.6 Å². The van der Waals surface area contributed by atoms with E-state index >= 15 is 0 Å². The molecule has 0 radical (unpaired) electrons. The van der Waals surface area contributed by atoms with Crippen molar-refractivity contribution in [2.75, 3.05) is 19.5 Å². The average molecular weight is 374 g/mol. The van der Waals surface area contributed by atoms with E-state index in [4.69, 9.17) is 13.9 Å². The molecule has 27 heavy (non-hydrogen) atoms. The van der Waals surface area contributed by atoms with Gasteiger partial charge in [0.15, 0.2) is 11.5 Å². The summed E-state index contributed by atoms with van der Waals surface area (Å²) in [6.45, 7) is 0. The zero-order chi connectivity index (χ0) is 19.6. The number of rotatable bonds is 6. The number of ether oxygens (including phenoxy) is 2. The van der Waals surface area contributed by atoms with Gasteiger partial charge in [0.1, 0.15) is 11.3 Å². The SMILES string of the molecule is COc1cc(C(=O)Nc2nnc(-c3ccn(C)n3)o2)c([N+](=O)[O-])cc1OC. The maximum atomic E-state index is 12.5. The van der Waals surface area contributed by atoms with Crippen molar-refractivity contribution in [3.05, 3.63) is 40.1 Å². The Hall–Kier alpha value is -3.96. The maximum Gasteiger partial charge on any atom is 0.322 e. The van der Waals surface area contributed by atoms with E-state index < -0.39 is 16.5 Å². The van der Waals surface area contributed by atoms with Gasteiger partial charge in [-0.25, -0.2) is 0 Å². The van der Waals surface area contributed by atoms with Crippen LogP contribution >= 0.6 is 0 Å². The number of carbonyl (C=O) groups is 1. The number of nitro groups is 1. The Morgan fingerprint density at radius 2 is 1.96 bits per heavy atom. The summed E-state index contributed by atoms with van der Waals surface area (Å²) in [5.41, 5.74) is -0.299. The van der Waals surface area contributed by atoms with Crippen molar-refractivity contribution in [2.24, 2.45) is 7.05 Å². The highest BCUT2D eigenvalue weighted by Gasteiger charge is 2.26. The molecule has 3 rings (SSSR count). The fourth-order valence-electron chi connectivity index (χ4n) is 2.27. The lowest BCUT2D eigenvalue weighted by molar-refractivity contribution is -0.385. The van der Waals surface area contributed by atoms with E-state index in [-0.39, 0.29) is 29.0 Å². The molecular formula is C15H14N6O6.